The Balaban J connectivity index is 1.70. The molecule has 1 aromatic heterocycles. The van der Waals surface area contributed by atoms with Crippen LogP contribution in [-0.2, 0) is 11.2 Å². The van der Waals surface area contributed by atoms with Gasteiger partial charge in [-0.2, -0.15) is 0 Å². The van der Waals surface area contributed by atoms with E-state index in [-0.39, 0.29) is 17.4 Å². The third-order valence-electron chi connectivity index (χ3n) is 3.85. The van der Waals surface area contributed by atoms with Crippen LogP contribution in [0.25, 0.3) is 0 Å². The zero-order chi connectivity index (χ0) is 16.9. The summed E-state index contributed by atoms with van der Waals surface area (Å²) >= 11 is 1.69. The van der Waals surface area contributed by atoms with Crippen molar-refractivity contribution in [3.63, 3.8) is 0 Å². The van der Waals surface area contributed by atoms with Crippen molar-refractivity contribution in [2.24, 2.45) is 5.41 Å². The molecule has 6 heteroatoms. The molecule has 128 valence electrons. The number of piperazine rings is 1. The molecule has 0 aromatic carbocycles. The first-order valence-electron chi connectivity index (χ1n) is 8.18. The number of amides is 3. The van der Waals surface area contributed by atoms with E-state index >= 15 is 0 Å². The van der Waals surface area contributed by atoms with Gasteiger partial charge in [0.15, 0.2) is 0 Å². The molecule has 0 aliphatic carbocycles. The molecular weight excluding hydrogens is 310 g/mol. The van der Waals surface area contributed by atoms with Gasteiger partial charge in [0, 0.05) is 44.0 Å². The average Bonchev–Trinajstić information content (AvgIpc) is 3.03. The second kappa shape index (κ2) is 7.81. The molecule has 1 aliphatic rings. The maximum atomic E-state index is 12.2. The number of nitrogens with zero attached hydrogens (tertiary/aromatic N) is 2. The summed E-state index contributed by atoms with van der Waals surface area (Å²) in [6.45, 7) is 9.43. The van der Waals surface area contributed by atoms with Crippen molar-refractivity contribution in [3.05, 3.63) is 22.4 Å². The minimum Gasteiger partial charge on any atom is -0.339 e. The van der Waals surface area contributed by atoms with Gasteiger partial charge >= 0.3 is 6.03 Å². The van der Waals surface area contributed by atoms with Gasteiger partial charge in [0.1, 0.15) is 0 Å². The van der Waals surface area contributed by atoms with Gasteiger partial charge in [0.2, 0.25) is 5.91 Å². The smallest absolute Gasteiger partial charge is 0.317 e. The van der Waals surface area contributed by atoms with Crippen molar-refractivity contribution in [1.82, 2.24) is 15.1 Å². The molecule has 23 heavy (non-hydrogen) atoms. The number of hydrogen-bond donors (Lipinski definition) is 1. The van der Waals surface area contributed by atoms with Gasteiger partial charge in [0.25, 0.3) is 0 Å². The number of carbonyl (C=O) groups is 2. The lowest BCUT2D eigenvalue weighted by Gasteiger charge is -2.35. The van der Waals surface area contributed by atoms with Crippen LogP contribution in [-0.4, -0.2) is 54.5 Å². The van der Waals surface area contributed by atoms with Crippen LogP contribution in [0.1, 0.15) is 32.1 Å². The minimum atomic E-state index is -0.0226. The van der Waals surface area contributed by atoms with Gasteiger partial charge in [0.05, 0.1) is 0 Å². The molecule has 1 saturated heterocycles. The highest BCUT2D eigenvalue weighted by atomic mass is 32.1. The minimum absolute atomic E-state index is 0.0226. The largest absolute Gasteiger partial charge is 0.339 e. The van der Waals surface area contributed by atoms with E-state index in [1.165, 1.54) is 4.88 Å². The highest BCUT2D eigenvalue weighted by Gasteiger charge is 2.24. The summed E-state index contributed by atoms with van der Waals surface area (Å²) in [6, 6.07) is 4.06. The van der Waals surface area contributed by atoms with Crippen LogP contribution in [0.4, 0.5) is 4.79 Å². The second-order valence-corrected chi connectivity index (χ2v) is 8.20. The Hall–Kier alpha value is -1.56. The van der Waals surface area contributed by atoms with Crippen molar-refractivity contribution >= 4 is 23.3 Å². The van der Waals surface area contributed by atoms with E-state index in [1.807, 2.05) is 16.3 Å². The maximum absolute atomic E-state index is 12.2. The lowest BCUT2D eigenvalue weighted by atomic mass is 9.97. The van der Waals surface area contributed by atoms with Crippen LogP contribution in [0, 0.1) is 5.41 Å². The van der Waals surface area contributed by atoms with Gasteiger partial charge < -0.3 is 15.1 Å². The highest BCUT2D eigenvalue weighted by Crippen LogP contribution is 2.13. The Morgan fingerprint density at radius 1 is 1.17 bits per heavy atom. The van der Waals surface area contributed by atoms with Crippen LogP contribution in [0.5, 0.6) is 0 Å². The van der Waals surface area contributed by atoms with Gasteiger partial charge in [-0.25, -0.2) is 4.79 Å². The average molecular weight is 337 g/mol. The second-order valence-electron chi connectivity index (χ2n) is 7.17. The third-order valence-corrected chi connectivity index (χ3v) is 4.79. The normalized spacial score (nSPS) is 15.6. The summed E-state index contributed by atoms with van der Waals surface area (Å²) in [6.07, 6.45) is 1.36. The third kappa shape index (κ3) is 5.86. The van der Waals surface area contributed by atoms with Crippen molar-refractivity contribution in [2.45, 2.75) is 33.6 Å². The molecule has 2 rings (SSSR count). The molecule has 0 radical (unpaired) electrons. The molecule has 1 aliphatic heterocycles. The summed E-state index contributed by atoms with van der Waals surface area (Å²) < 4.78 is 0. The van der Waals surface area contributed by atoms with Crippen molar-refractivity contribution in [3.8, 4) is 0 Å². The summed E-state index contributed by atoms with van der Waals surface area (Å²) in [5.41, 5.74) is 0.0786. The van der Waals surface area contributed by atoms with Crippen LogP contribution in [0.15, 0.2) is 17.5 Å². The molecular formula is C17H27N3O2S. The number of urea groups is 1. The number of rotatable bonds is 4. The van der Waals surface area contributed by atoms with E-state index in [0.717, 1.165) is 6.42 Å². The Kier molecular flexibility index (Phi) is 6.04. The van der Waals surface area contributed by atoms with Crippen LogP contribution < -0.4 is 5.32 Å². The van der Waals surface area contributed by atoms with E-state index in [1.54, 1.807) is 16.2 Å². The van der Waals surface area contributed by atoms with Gasteiger partial charge in [-0.1, -0.05) is 26.8 Å². The molecule has 0 atom stereocenters. The van der Waals surface area contributed by atoms with E-state index in [2.05, 4.69) is 32.2 Å². The molecule has 5 nitrogen and oxygen atoms in total. The lowest BCUT2D eigenvalue weighted by molar-refractivity contribution is -0.132. The molecule has 3 amide bonds. The molecule has 0 unspecified atom stereocenters. The molecule has 1 fully saturated rings. The van der Waals surface area contributed by atoms with Crippen molar-refractivity contribution < 1.29 is 9.59 Å². The number of aryl methyl sites for hydroxylation is 1. The standard InChI is InChI=1S/C17H27N3O2S/c1-17(2,3)13-18-16(22)20-10-8-19(9-11-20)15(21)7-6-14-5-4-12-23-14/h4-5,12H,6-11,13H2,1-3H3,(H,18,22). The SMILES string of the molecule is CC(C)(C)CNC(=O)N1CCN(C(=O)CCc2cccs2)CC1. The van der Waals surface area contributed by atoms with Crippen molar-refractivity contribution in [2.75, 3.05) is 32.7 Å². The number of nitrogens with one attached hydrogen (secondary N) is 1. The van der Waals surface area contributed by atoms with Gasteiger partial charge in [-0.3, -0.25) is 4.79 Å². The van der Waals surface area contributed by atoms with Crippen molar-refractivity contribution in [1.29, 1.82) is 0 Å². The number of thiophene rings is 1. The zero-order valence-corrected chi connectivity index (χ0v) is 15.1. The molecule has 0 saturated carbocycles. The first-order chi connectivity index (χ1) is 10.8. The Morgan fingerprint density at radius 2 is 1.83 bits per heavy atom. The maximum Gasteiger partial charge on any atom is 0.317 e. The van der Waals surface area contributed by atoms with Crippen LogP contribution in [0.2, 0.25) is 0 Å². The summed E-state index contributed by atoms with van der Waals surface area (Å²) in [4.78, 5) is 29.3. The van der Waals surface area contributed by atoms with E-state index in [0.29, 0.717) is 39.1 Å². The highest BCUT2D eigenvalue weighted by molar-refractivity contribution is 7.09. The van der Waals surface area contributed by atoms with E-state index in [4.69, 9.17) is 0 Å². The summed E-state index contributed by atoms with van der Waals surface area (Å²) in [5, 5.41) is 5.00. The predicted molar refractivity (Wildman–Crippen MR) is 93.6 cm³/mol. The molecule has 1 aromatic rings. The lowest BCUT2D eigenvalue weighted by Crippen LogP contribution is -2.53. The fourth-order valence-electron chi connectivity index (χ4n) is 2.45. The summed E-state index contributed by atoms with van der Waals surface area (Å²) in [7, 11) is 0. The first-order valence-corrected chi connectivity index (χ1v) is 9.06. The number of carbonyl (C=O) groups excluding carboxylic acids is 2. The summed E-state index contributed by atoms with van der Waals surface area (Å²) in [5.74, 6) is 0.188. The zero-order valence-electron chi connectivity index (χ0n) is 14.3. The quantitative estimate of drug-likeness (QED) is 0.918. The van der Waals surface area contributed by atoms with E-state index in [9.17, 15) is 9.59 Å². The number of hydrogen-bond acceptors (Lipinski definition) is 3. The Labute approximate surface area is 142 Å². The molecule has 0 spiro atoms. The van der Waals surface area contributed by atoms with Crippen LogP contribution in [0.3, 0.4) is 0 Å². The Morgan fingerprint density at radius 3 is 2.39 bits per heavy atom. The molecule has 1 N–H and O–H groups in total. The topological polar surface area (TPSA) is 52.7 Å². The molecule has 0 bridgehead atoms. The molecule has 2 heterocycles. The fraction of sp³-hybridized carbons (Fsp3) is 0.647. The van der Waals surface area contributed by atoms with Crippen LogP contribution >= 0.6 is 11.3 Å². The first kappa shape index (κ1) is 17.8. The predicted octanol–water partition coefficient (Wildman–Crippen LogP) is 2.58. The van der Waals surface area contributed by atoms with E-state index < -0.39 is 0 Å². The van der Waals surface area contributed by atoms with Gasteiger partial charge in [-0.15, -0.1) is 11.3 Å². The van der Waals surface area contributed by atoms with Gasteiger partial charge in [-0.05, 0) is 23.3 Å². The fourth-order valence-corrected chi connectivity index (χ4v) is 3.16. The Bertz CT molecular complexity index is 514. The monoisotopic (exact) mass is 337 g/mol.